The van der Waals surface area contributed by atoms with Crippen LogP contribution in [0.1, 0.15) is 31.7 Å². The Hall–Kier alpha value is -2.47. The van der Waals surface area contributed by atoms with Crippen LogP contribution in [0.5, 0.6) is 0 Å². The molecule has 1 saturated heterocycles. The SMILES string of the molecule is CCc1ccc(S(=O)(=O)c2cc(N3CCCCC3)c3cc(F)ccc3n2)cc1. The summed E-state index contributed by atoms with van der Waals surface area (Å²) in [7, 11) is -3.76. The van der Waals surface area contributed by atoms with Crippen LogP contribution in [0.15, 0.2) is 58.5 Å². The Labute approximate surface area is 164 Å². The third-order valence-electron chi connectivity index (χ3n) is 5.34. The van der Waals surface area contributed by atoms with Gasteiger partial charge < -0.3 is 4.90 Å². The van der Waals surface area contributed by atoms with Gasteiger partial charge in [-0.05, 0) is 67.6 Å². The van der Waals surface area contributed by atoms with Gasteiger partial charge in [-0.15, -0.1) is 0 Å². The summed E-state index contributed by atoms with van der Waals surface area (Å²) in [6, 6.07) is 12.8. The summed E-state index contributed by atoms with van der Waals surface area (Å²) >= 11 is 0. The van der Waals surface area contributed by atoms with Crippen molar-refractivity contribution in [2.24, 2.45) is 0 Å². The molecule has 146 valence electrons. The number of benzene rings is 2. The van der Waals surface area contributed by atoms with E-state index in [0.29, 0.717) is 10.9 Å². The van der Waals surface area contributed by atoms with E-state index in [9.17, 15) is 12.8 Å². The first-order valence-electron chi connectivity index (χ1n) is 9.68. The van der Waals surface area contributed by atoms with Gasteiger partial charge in [0.2, 0.25) is 9.84 Å². The zero-order chi connectivity index (χ0) is 19.7. The van der Waals surface area contributed by atoms with E-state index < -0.39 is 9.84 Å². The van der Waals surface area contributed by atoms with E-state index in [1.807, 2.05) is 19.1 Å². The van der Waals surface area contributed by atoms with E-state index in [0.717, 1.165) is 50.0 Å². The summed E-state index contributed by atoms with van der Waals surface area (Å²) in [5.41, 5.74) is 2.32. The molecule has 4 nitrogen and oxygen atoms in total. The van der Waals surface area contributed by atoms with E-state index in [1.54, 1.807) is 24.3 Å². The number of hydrogen-bond donors (Lipinski definition) is 0. The van der Waals surface area contributed by atoms with Crippen molar-refractivity contribution < 1.29 is 12.8 Å². The number of sulfone groups is 1. The van der Waals surface area contributed by atoms with Crippen molar-refractivity contribution in [3.63, 3.8) is 0 Å². The second-order valence-corrected chi connectivity index (χ2v) is 9.09. The number of halogens is 1. The van der Waals surface area contributed by atoms with Crippen LogP contribution in [0.3, 0.4) is 0 Å². The third kappa shape index (κ3) is 3.49. The van der Waals surface area contributed by atoms with E-state index >= 15 is 0 Å². The van der Waals surface area contributed by atoms with Gasteiger partial charge in [-0.1, -0.05) is 19.1 Å². The highest BCUT2D eigenvalue weighted by Crippen LogP contribution is 2.32. The Morgan fingerprint density at radius 3 is 2.39 bits per heavy atom. The molecule has 3 aromatic rings. The summed E-state index contributed by atoms with van der Waals surface area (Å²) in [5, 5.41) is 0.665. The highest BCUT2D eigenvalue weighted by molar-refractivity contribution is 7.91. The molecule has 0 atom stereocenters. The second kappa shape index (κ2) is 7.51. The molecule has 1 aliphatic rings. The maximum Gasteiger partial charge on any atom is 0.223 e. The molecule has 0 unspecified atom stereocenters. The van der Waals surface area contributed by atoms with Crippen LogP contribution in [0, 0.1) is 5.82 Å². The Bertz CT molecular complexity index is 1110. The van der Waals surface area contributed by atoms with Gasteiger partial charge in [0.05, 0.1) is 10.4 Å². The topological polar surface area (TPSA) is 50.3 Å². The molecular weight excluding hydrogens is 375 g/mol. The van der Waals surface area contributed by atoms with Crippen LogP contribution < -0.4 is 4.90 Å². The zero-order valence-electron chi connectivity index (χ0n) is 15.9. The fraction of sp³-hybridized carbons (Fsp3) is 0.318. The minimum Gasteiger partial charge on any atom is -0.371 e. The predicted octanol–water partition coefficient (Wildman–Crippen LogP) is 4.76. The Morgan fingerprint density at radius 2 is 1.71 bits per heavy atom. The van der Waals surface area contributed by atoms with Gasteiger partial charge >= 0.3 is 0 Å². The largest absolute Gasteiger partial charge is 0.371 e. The highest BCUT2D eigenvalue weighted by Gasteiger charge is 2.24. The summed E-state index contributed by atoms with van der Waals surface area (Å²) < 4.78 is 40.3. The number of rotatable bonds is 4. The third-order valence-corrected chi connectivity index (χ3v) is 6.99. The van der Waals surface area contributed by atoms with Crippen LogP contribution in [-0.4, -0.2) is 26.5 Å². The molecule has 6 heteroatoms. The molecule has 0 amide bonds. The lowest BCUT2D eigenvalue weighted by Crippen LogP contribution is -2.29. The van der Waals surface area contributed by atoms with Gasteiger partial charge in [-0.2, -0.15) is 0 Å². The molecule has 0 bridgehead atoms. The molecule has 1 fully saturated rings. The minimum absolute atomic E-state index is 0.0106. The lowest BCUT2D eigenvalue weighted by Gasteiger charge is -2.30. The first kappa shape index (κ1) is 18.9. The number of piperidine rings is 1. The number of fused-ring (bicyclic) bond motifs is 1. The van der Waals surface area contributed by atoms with E-state index in [1.165, 1.54) is 12.1 Å². The molecule has 0 aliphatic carbocycles. The molecule has 1 aromatic heterocycles. The van der Waals surface area contributed by atoms with Crippen molar-refractivity contribution in [1.29, 1.82) is 0 Å². The van der Waals surface area contributed by atoms with Gasteiger partial charge in [0, 0.05) is 24.2 Å². The molecule has 0 spiro atoms. The first-order chi connectivity index (χ1) is 13.5. The maximum atomic E-state index is 13.9. The Kier molecular flexibility index (Phi) is 5.06. The normalized spacial score (nSPS) is 15.1. The number of aryl methyl sites for hydroxylation is 1. The summed E-state index contributed by atoms with van der Waals surface area (Å²) in [4.78, 5) is 6.75. The predicted molar refractivity (Wildman–Crippen MR) is 109 cm³/mol. The molecule has 2 aromatic carbocycles. The van der Waals surface area contributed by atoms with Crippen molar-refractivity contribution in [3.8, 4) is 0 Å². The monoisotopic (exact) mass is 398 g/mol. The number of anilines is 1. The van der Waals surface area contributed by atoms with Crippen molar-refractivity contribution in [3.05, 3.63) is 59.9 Å². The molecule has 1 aliphatic heterocycles. The second-order valence-electron chi connectivity index (χ2n) is 7.19. The maximum absolute atomic E-state index is 13.9. The van der Waals surface area contributed by atoms with E-state index in [-0.39, 0.29) is 15.7 Å². The average Bonchev–Trinajstić information content (AvgIpc) is 2.73. The number of hydrogen-bond acceptors (Lipinski definition) is 4. The van der Waals surface area contributed by atoms with Crippen LogP contribution >= 0.6 is 0 Å². The van der Waals surface area contributed by atoms with Crippen LogP contribution in [-0.2, 0) is 16.3 Å². The zero-order valence-corrected chi connectivity index (χ0v) is 16.7. The van der Waals surface area contributed by atoms with Crippen molar-refractivity contribution in [2.75, 3.05) is 18.0 Å². The lowest BCUT2D eigenvalue weighted by atomic mass is 10.1. The van der Waals surface area contributed by atoms with Crippen molar-refractivity contribution in [1.82, 2.24) is 4.98 Å². The molecule has 0 radical (unpaired) electrons. The van der Waals surface area contributed by atoms with E-state index in [2.05, 4.69) is 9.88 Å². The number of aromatic nitrogens is 1. The molecule has 0 saturated carbocycles. The molecule has 28 heavy (non-hydrogen) atoms. The fourth-order valence-electron chi connectivity index (χ4n) is 3.72. The smallest absolute Gasteiger partial charge is 0.223 e. The molecular formula is C22H23FN2O2S. The Morgan fingerprint density at radius 1 is 1.00 bits per heavy atom. The quantitative estimate of drug-likeness (QED) is 0.636. The minimum atomic E-state index is -3.76. The average molecular weight is 399 g/mol. The molecule has 0 N–H and O–H groups in total. The lowest BCUT2D eigenvalue weighted by molar-refractivity contribution is 0.577. The molecule has 2 heterocycles. The highest BCUT2D eigenvalue weighted by atomic mass is 32.2. The standard InChI is InChI=1S/C22H23FN2O2S/c1-2-16-6-9-18(10-7-16)28(26,27)22-15-21(25-12-4-3-5-13-25)19-14-17(23)8-11-20(19)24-22/h6-11,14-15H,2-5,12-13H2,1H3. The summed E-state index contributed by atoms with van der Waals surface area (Å²) in [5.74, 6) is -0.349. The first-order valence-corrected chi connectivity index (χ1v) is 11.2. The molecule has 4 rings (SSSR count). The van der Waals surface area contributed by atoms with E-state index in [4.69, 9.17) is 0 Å². The van der Waals surface area contributed by atoms with Crippen LogP contribution in [0.25, 0.3) is 10.9 Å². The van der Waals surface area contributed by atoms with Crippen molar-refractivity contribution >= 4 is 26.4 Å². The van der Waals surface area contributed by atoms with Gasteiger partial charge in [-0.25, -0.2) is 17.8 Å². The van der Waals surface area contributed by atoms with Crippen LogP contribution in [0.4, 0.5) is 10.1 Å². The Balaban J connectivity index is 1.87. The number of pyridine rings is 1. The summed E-state index contributed by atoms with van der Waals surface area (Å²) in [6.07, 6.45) is 4.08. The number of nitrogens with zero attached hydrogens (tertiary/aromatic N) is 2. The van der Waals surface area contributed by atoms with Crippen molar-refractivity contribution in [2.45, 2.75) is 42.5 Å². The van der Waals surface area contributed by atoms with Gasteiger partial charge in [0.1, 0.15) is 5.82 Å². The van der Waals surface area contributed by atoms with Gasteiger partial charge in [0.15, 0.2) is 5.03 Å². The van der Waals surface area contributed by atoms with Gasteiger partial charge in [0.25, 0.3) is 0 Å². The fourth-order valence-corrected chi connectivity index (χ4v) is 4.94. The summed E-state index contributed by atoms with van der Waals surface area (Å²) in [6.45, 7) is 3.69. The van der Waals surface area contributed by atoms with Gasteiger partial charge in [-0.3, -0.25) is 0 Å². The van der Waals surface area contributed by atoms with Crippen LogP contribution in [0.2, 0.25) is 0 Å².